The summed E-state index contributed by atoms with van der Waals surface area (Å²) >= 11 is 0. The number of ketones is 1. The highest BCUT2D eigenvalue weighted by atomic mass is 16.5. The van der Waals surface area contributed by atoms with Gasteiger partial charge in [0, 0.05) is 13.5 Å². The molecule has 1 atom stereocenters. The monoisotopic (exact) mass is 184 g/mol. The molecule has 0 N–H and O–H groups in total. The maximum atomic E-state index is 11.6. The Morgan fingerprint density at radius 3 is 2.54 bits per heavy atom. The minimum atomic E-state index is -0.109. The van der Waals surface area contributed by atoms with Crippen molar-refractivity contribution in [2.45, 2.75) is 51.6 Å². The first-order chi connectivity index (χ1) is 6.29. The second kappa shape index (κ2) is 5.38. The van der Waals surface area contributed by atoms with Crippen LogP contribution in [0.3, 0.4) is 0 Å². The Morgan fingerprint density at radius 1 is 1.46 bits per heavy atom. The molecule has 1 saturated carbocycles. The second-order valence-corrected chi connectivity index (χ2v) is 3.92. The molecule has 2 nitrogen and oxygen atoms in total. The van der Waals surface area contributed by atoms with Gasteiger partial charge in [-0.25, -0.2) is 0 Å². The van der Waals surface area contributed by atoms with E-state index < -0.39 is 0 Å². The highest BCUT2D eigenvalue weighted by molar-refractivity contribution is 5.83. The van der Waals surface area contributed by atoms with Crippen LogP contribution in [0.25, 0.3) is 0 Å². The zero-order chi connectivity index (χ0) is 9.68. The lowest BCUT2D eigenvalue weighted by Crippen LogP contribution is -2.29. The fourth-order valence-electron chi connectivity index (χ4n) is 2.24. The van der Waals surface area contributed by atoms with E-state index in [4.69, 9.17) is 4.74 Å². The number of carbonyl (C=O) groups excluding carboxylic acids is 1. The van der Waals surface area contributed by atoms with Gasteiger partial charge in [0.15, 0.2) is 5.78 Å². The Morgan fingerprint density at radius 2 is 2.08 bits per heavy atom. The summed E-state index contributed by atoms with van der Waals surface area (Å²) in [6.07, 6.45) is 6.39. The average molecular weight is 184 g/mol. The minimum Gasteiger partial charge on any atom is -0.373 e. The minimum absolute atomic E-state index is 0.109. The Balaban J connectivity index is 2.44. The van der Waals surface area contributed by atoms with Gasteiger partial charge in [-0.3, -0.25) is 4.79 Å². The molecule has 0 radical (unpaired) electrons. The maximum absolute atomic E-state index is 11.6. The van der Waals surface area contributed by atoms with Gasteiger partial charge in [0.05, 0.1) is 0 Å². The number of hydrogen-bond acceptors (Lipinski definition) is 2. The molecule has 1 aliphatic rings. The van der Waals surface area contributed by atoms with E-state index >= 15 is 0 Å². The smallest absolute Gasteiger partial charge is 0.161 e. The van der Waals surface area contributed by atoms with Gasteiger partial charge in [-0.1, -0.05) is 19.8 Å². The van der Waals surface area contributed by atoms with E-state index in [2.05, 4.69) is 0 Å². The van der Waals surface area contributed by atoms with Gasteiger partial charge in [-0.15, -0.1) is 0 Å². The van der Waals surface area contributed by atoms with Crippen molar-refractivity contribution in [1.82, 2.24) is 0 Å². The molecule has 0 saturated heterocycles. The van der Waals surface area contributed by atoms with Crippen LogP contribution in [0.4, 0.5) is 0 Å². The summed E-state index contributed by atoms with van der Waals surface area (Å²) < 4.78 is 5.30. The molecular weight excluding hydrogens is 164 g/mol. The van der Waals surface area contributed by atoms with Crippen LogP contribution >= 0.6 is 0 Å². The second-order valence-electron chi connectivity index (χ2n) is 3.92. The van der Waals surface area contributed by atoms with Crippen LogP contribution in [0.15, 0.2) is 0 Å². The van der Waals surface area contributed by atoms with Crippen molar-refractivity contribution in [3.05, 3.63) is 0 Å². The van der Waals surface area contributed by atoms with Crippen molar-refractivity contribution >= 4 is 5.78 Å². The lowest BCUT2D eigenvalue weighted by molar-refractivity contribution is -0.131. The first-order valence-corrected chi connectivity index (χ1v) is 5.35. The standard InChI is InChI=1S/C11H20O2/c1-3-6-10(12)11(13-2)9-7-4-5-8-9/h9,11H,3-8H2,1-2H3. The Labute approximate surface area is 80.7 Å². The zero-order valence-electron chi connectivity index (χ0n) is 8.71. The van der Waals surface area contributed by atoms with Gasteiger partial charge in [-0.05, 0) is 25.2 Å². The fraction of sp³-hybridized carbons (Fsp3) is 0.909. The summed E-state index contributed by atoms with van der Waals surface area (Å²) in [4.78, 5) is 11.6. The van der Waals surface area contributed by atoms with Crippen molar-refractivity contribution < 1.29 is 9.53 Å². The highest BCUT2D eigenvalue weighted by Crippen LogP contribution is 2.29. The van der Waals surface area contributed by atoms with Crippen LogP contribution in [0.1, 0.15) is 45.4 Å². The number of Topliss-reactive ketones (excluding diaryl/α,β-unsaturated/α-hetero) is 1. The van der Waals surface area contributed by atoms with Crippen LogP contribution < -0.4 is 0 Å². The summed E-state index contributed by atoms with van der Waals surface area (Å²) in [7, 11) is 1.66. The number of carbonyl (C=O) groups is 1. The van der Waals surface area contributed by atoms with E-state index in [0.717, 1.165) is 6.42 Å². The van der Waals surface area contributed by atoms with Crippen LogP contribution in [0, 0.1) is 5.92 Å². The van der Waals surface area contributed by atoms with Gasteiger partial charge in [0.1, 0.15) is 6.10 Å². The largest absolute Gasteiger partial charge is 0.373 e. The lowest BCUT2D eigenvalue weighted by Gasteiger charge is -2.20. The van der Waals surface area contributed by atoms with Crippen molar-refractivity contribution in [1.29, 1.82) is 0 Å². The van der Waals surface area contributed by atoms with Gasteiger partial charge in [0.25, 0.3) is 0 Å². The molecule has 76 valence electrons. The molecule has 0 aromatic carbocycles. The lowest BCUT2D eigenvalue weighted by atomic mass is 9.95. The Bertz CT molecular complexity index is 159. The Kier molecular flexibility index (Phi) is 4.43. The molecule has 1 unspecified atom stereocenters. The first kappa shape index (κ1) is 10.7. The number of ether oxygens (including phenoxy) is 1. The van der Waals surface area contributed by atoms with Crippen molar-refractivity contribution in [3.63, 3.8) is 0 Å². The number of methoxy groups -OCH3 is 1. The molecule has 0 aliphatic heterocycles. The molecule has 2 heteroatoms. The molecule has 0 aromatic rings. The van der Waals surface area contributed by atoms with Gasteiger partial charge in [-0.2, -0.15) is 0 Å². The first-order valence-electron chi connectivity index (χ1n) is 5.35. The summed E-state index contributed by atoms with van der Waals surface area (Å²) in [5.74, 6) is 0.806. The maximum Gasteiger partial charge on any atom is 0.161 e. The van der Waals surface area contributed by atoms with E-state index in [9.17, 15) is 4.79 Å². The quantitative estimate of drug-likeness (QED) is 0.656. The van der Waals surface area contributed by atoms with E-state index in [0.29, 0.717) is 18.1 Å². The highest BCUT2D eigenvalue weighted by Gasteiger charge is 2.29. The van der Waals surface area contributed by atoms with Crippen LogP contribution in [-0.4, -0.2) is 19.0 Å². The number of rotatable bonds is 5. The zero-order valence-corrected chi connectivity index (χ0v) is 8.71. The predicted molar refractivity (Wildman–Crippen MR) is 52.7 cm³/mol. The van der Waals surface area contributed by atoms with E-state index in [1.807, 2.05) is 6.92 Å². The fourth-order valence-corrected chi connectivity index (χ4v) is 2.24. The summed E-state index contributed by atoms with van der Waals surface area (Å²) in [6.45, 7) is 2.04. The average Bonchev–Trinajstić information content (AvgIpc) is 2.59. The van der Waals surface area contributed by atoms with Gasteiger partial charge in [0.2, 0.25) is 0 Å². The van der Waals surface area contributed by atoms with Crippen LogP contribution in [0.2, 0.25) is 0 Å². The number of hydrogen-bond donors (Lipinski definition) is 0. The molecule has 1 aliphatic carbocycles. The molecule has 0 heterocycles. The molecule has 0 amide bonds. The summed E-state index contributed by atoms with van der Waals surface area (Å²) in [6, 6.07) is 0. The topological polar surface area (TPSA) is 26.3 Å². The third kappa shape index (κ3) is 2.80. The molecule has 1 rings (SSSR count). The third-order valence-corrected chi connectivity index (χ3v) is 2.90. The molecule has 1 fully saturated rings. The molecule has 0 spiro atoms. The van der Waals surface area contributed by atoms with E-state index in [1.165, 1.54) is 25.7 Å². The normalized spacial score (nSPS) is 20.5. The van der Waals surface area contributed by atoms with Crippen LogP contribution in [-0.2, 0) is 9.53 Å². The van der Waals surface area contributed by atoms with E-state index in [-0.39, 0.29) is 6.10 Å². The van der Waals surface area contributed by atoms with Crippen LogP contribution in [0.5, 0.6) is 0 Å². The molecular formula is C11H20O2. The third-order valence-electron chi connectivity index (χ3n) is 2.90. The molecule has 0 aromatic heterocycles. The summed E-state index contributed by atoms with van der Waals surface area (Å²) in [5, 5.41) is 0. The van der Waals surface area contributed by atoms with E-state index in [1.54, 1.807) is 7.11 Å². The Hall–Kier alpha value is -0.370. The SMILES string of the molecule is CCCC(=O)C(OC)C1CCCC1. The predicted octanol–water partition coefficient (Wildman–Crippen LogP) is 2.56. The molecule has 0 bridgehead atoms. The van der Waals surface area contributed by atoms with Gasteiger partial charge < -0.3 is 4.74 Å². The van der Waals surface area contributed by atoms with Crippen molar-refractivity contribution in [2.75, 3.05) is 7.11 Å². The summed E-state index contributed by atoms with van der Waals surface area (Å²) in [5.41, 5.74) is 0. The molecule has 13 heavy (non-hydrogen) atoms. The van der Waals surface area contributed by atoms with Gasteiger partial charge >= 0.3 is 0 Å². The van der Waals surface area contributed by atoms with Crippen molar-refractivity contribution in [2.24, 2.45) is 5.92 Å². The van der Waals surface area contributed by atoms with Crippen molar-refractivity contribution in [3.8, 4) is 0 Å².